The van der Waals surface area contributed by atoms with Crippen LogP contribution in [0.15, 0.2) is 42.5 Å². The maximum absolute atomic E-state index is 13.1. The van der Waals surface area contributed by atoms with Gasteiger partial charge < -0.3 is 15.0 Å². The van der Waals surface area contributed by atoms with E-state index in [0.717, 1.165) is 24.2 Å². The number of hydrogen-bond donors (Lipinski definition) is 1. The van der Waals surface area contributed by atoms with Gasteiger partial charge in [0.05, 0.1) is 16.3 Å². The molecule has 1 heterocycles. The van der Waals surface area contributed by atoms with Crippen molar-refractivity contribution >= 4 is 40.8 Å². The predicted octanol–water partition coefficient (Wildman–Crippen LogP) is 3.79. The van der Waals surface area contributed by atoms with Crippen LogP contribution in [0.2, 0.25) is 5.02 Å². The van der Waals surface area contributed by atoms with Gasteiger partial charge >= 0.3 is 5.97 Å². The largest absolute Gasteiger partial charge is 0.449 e. The Balaban J connectivity index is 1.60. The van der Waals surface area contributed by atoms with Crippen molar-refractivity contribution in [1.29, 1.82) is 0 Å². The number of ether oxygens (including phenoxy) is 1. The lowest BCUT2D eigenvalue weighted by molar-refractivity contribution is -0.123. The molecule has 2 aromatic rings. The molecule has 8 heteroatoms. The standard InChI is InChI=1S/C20H18ClFN2O4/c1-12(19(26)23-17-9-6-14(22)11-16(17)21)28-20(27)13-4-7-15(8-5-13)24-10-2-3-18(24)25/h4-9,11-12H,2-3,10H2,1H3,(H,23,26)/t12-/m0/s1. The molecule has 28 heavy (non-hydrogen) atoms. The van der Waals surface area contributed by atoms with Gasteiger partial charge in [0, 0.05) is 18.7 Å². The quantitative estimate of drug-likeness (QED) is 0.769. The summed E-state index contributed by atoms with van der Waals surface area (Å²) in [6.07, 6.45) is 0.246. The highest BCUT2D eigenvalue weighted by Crippen LogP contribution is 2.23. The molecule has 0 aliphatic carbocycles. The van der Waals surface area contributed by atoms with Crippen molar-refractivity contribution in [1.82, 2.24) is 0 Å². The topological polar surface area (TPSA) is 75.7 Å². The minimum atomic E-state index is -1.09. The summed E-state index contributed by atoms with van der Waals surface area (Å²) in [5.74, 6) is -1.74. The lowest BCUT2D eigenvalue weighted by Gasteiger charge is -2.16. The summed E-state index contributed by atoms with van der Waals surface area (Å²) >= 11 is 5.87. The van der Waals surface area contributed by atoms with Crippen LogP contribution < -0.4 is 10.2 Å². The first kappa shape index (κ1) is 19.8. The molecule has 1 aliphatic rings. The van der Waals surface area contributed by atoms with E-state index in [1.807, 2.05) is 0 Å². The first-order valence-electron chi connectivity index (χ1n) is 8.72. The summed E-state index contributed by atoms with van der Waals surface area (Å²) < 4.78 is 18.2. The number of anilines is 2. The Bertz CT molecular complexity index is 917. The monoisotopic (exact) mass is 404 g/mol. The normalized spacial score (nSPS) is 14.7. The Morgan fingerprint density at radius 3 is 2.54 bits per heavy atom. The van der Waals surface area contributed by atoms with Crippen LogP contribution in [-0.2, 0) is 14.3 Å². The van der Waals surface area contributed by atoms with Crippen LogP contribution in [0.5, 0.6) is 0 Å². The minimum absolute atomic E-state index is 0.0407. The maximum Gasteiger partial charge on any atom is 0.338 e. The molecule has 0 spiro atoms. The van der Waals surface area contributed by atoms with Gasteiger partial charge in [-0.2, -0.15) is 0 Å². The number of halogens is 2. The first-order valence-corrected chi connectivity index (χ1v) is 9.10. The Morgan fingerprint density at radius 1 is 1.21 bits per heavy atom. The fourth-order valence-corrected chi connectivity index (χ4v) is 3.02. The summed E-state index contributed by atoms with van der Waals surface area (Å²) in [6, 6.07) is 9.98. The van der Waals surface area contributed by atoms with Crippen molar-refractivity contribution in [2.75, 3.05) is 16.8 Å². The van der Waals surface area contributed by atoms with Crippen molar-refractivity contribution < 1.29 is 23.5 Å². The fourth-order valence-electron chi connectivity index (χ4n) is 2.81. The third kappa shape index (κ3) is 4.48. The zero-order valence-corrected chi connectivity index (χ0v) is 15.8. The third-order valence-corrected chi connectivity index (χ3v) is 4.64. The van der Waals surface area contributed by atoms with E-state index in [2.05, 4.69) is 5.32 Å². The highest BCUT2D eigenvalue weighted by molar-refractivity contribution is 6.33. The molecule has 1 N–H and O–H groups in total. The van der Waals surface area contributed by atoms with Gasteiger partial charge in [-0.15, -0.1) is 0 Å². The van der Waals surface area contributed by atoms with Gasteiger partial charge in [-0.05, 0) is 55.8 Å². The zero-order chi connectivity index (χ0) is 20.3. The lowest BCUT2D eigenvalue weighted by Crippen LogP contribution is -2.30. The van der Waals surface area contributed by atoms with E-state index < -0.39 is 23.8 Å². The van der Waals surface area contributed by atoms with Gasteiger partial charge in [-0.1, -0.05) is 11.6 Å². The molecule has 2 aromatic carbocycles. The van der Waals surface area contributed by atoms with E-state index in [1.165, 1.54) is 13.0 Å². The molecule has 146 valence electrons. The number of nitrogens with zero attached hydrogens (tertiary/aromatic N) is 1. The smallest absolute Gasteiger partial charge is 0.338 e. The van der Waals surface area contributed by atoms with Gasteiger partial charge in [0.2, 0.25) is 5.91 Å². The molecule has 0 unspecified atom stereocenters. The highest BCUT2D eigenvalue weighted by Gasteiger charge is 2.23. The predicted molar refractivity (Wildman–Crippen MR) is 103 cm³/mol. The van der Waals surface area contributed by atoms with E-state index in [1.54, 1.807) is 29.2 Å². The van der Waals surface area contributed by atoms with E-state index in [-0.39, 0.29) is 22.2 Å². The van der Waals surface area contributed by atoms with Gasteiger partial charge in [0.1, 0.15) is 5.82 Å². The molecular formula is C20H18ClFN2O4. The summed E-state index contributed by atoms with van der Waals surface area (Å²) in [5.41, 5.74) is 1.20. The number of carbonyl (C=O) groups excluding carboxylic acids is 3. The molecule has 0 saturated carbocycles. The van der Waals surface area contributed by atoms with Crippen LogP contribution in [-0.4, -0.2) is 30.4 Å². The average Bonchev–Trinajstić information content (AvgIpc) is 3.10. The van der Waals surface area contributed by atoms with Crippen LogP contribution in [0.1, 0.15) is 30.1 Å². The third-order valence-electron chi connectivity index (χ3n) is 4.33. The van der Waals surface area contributed by atoms with Crippen molar-refractivity contribution in [2.24, 2.45) is 0 Å². The molecule has 1 aliphatic heterocycles. The van der Waals surface area contributed by atoms with Crippen LogP contribution in [0, 0.1) is 5.82 Å². The average molecular weight is 405 g/mol. The number of esters is 1. The second-order valence-corrected chi connectivity index (χ2v) is 6.76. The number of amides is 2. The lowest BCUT2D eigenvalue weighted by atomic mass is 10.2. The molecule has 0 bridgehead atoms. The van der Waals surface area contributed by atoms with Crippen molar-refractivity contribution in [3.63, 3.8) is 0 Å². The SMILES string of the molecule is C[C@H](OC(=O)c1ccc(N2CCCC2=O)cc1)C(=O)Nc1ccc(F)cc1Cl. The second kappa shape index (κ2) is 8.39. The number of hydrogen-bond acceptors (Lipinski definition) is 4. The molecule has 6 nitrogen and oxygen atoms in total. The van der Waals surface area contributed by atoms with Gasteiger partial charge in [-0.25, -0.2) is 9.18 Å². The number of carbonyl (C=O) groups is 3. The Hall–Kier alpha value is -2.93. The summed E-state index contributed by atoms with van der Waals surface area (Å²) in [6.45, 7) is 2.08. The first-order chi connectivity index (χ1) is 13.3. The van der Waals surface area contributed by atoms with Crippen molar-refractivity contribution in [3.05, 3.63) is 58.9 Å². The van der Waals surface area contributed by atoms with E-state index in [4.69, 9.17) is 16.3 Å². The molecular weight excluding hydrogens is 387 g/mol. The Labute approximate surface area is 166 Å². The van der Waals surface area contributed by atoms with Crippen LogP contribution in [0.4, 0.5) is 15.8 Å². The van der Waals surface area contributed by atoms with Crippen LogP contribution in [0.25, 0.3) is 0 Å². The van der Waals surface area contributed by atoms with Gasteiger partial charge in [0.15, 0.2) is 6.10 Å². The molecule has 2 amide bonds. The molecule has 0 aromatic heterocycles. The Morgan fingerprint density at radius 2 is 1.93 bits per heavy atom. The fraction of sp³-hybridized carbons (Fsp3) is 0.250. The summed E-state index contributed by atoms with van der Waals surface area (Å²) in [4.78, 5) is 37.9. The second-order valence-electron chi connectivity index (χ2n) is 6.36. The summed E-state index contributed by atoms with van der Waals surface area (Å²) in [7, 11) is 0. The highest BCUT2D eigenvalue weighted by atomic mass is 35.5. The van der Waals surface area contributed by atoms with Gasteiger partial charge in [0.25, 0.3) is 5.91 Å². The maximum atomic E-state index is 13.1. The molecule has 1 saturated heterocycles. The van der Waals surface area contributed by atoms with Crippen molar-refractivity contribution in [2.45, 2.75) is 25.9 Å². The summed E-state index contributed by atoms with van der Waals surface area (Å²) in [5, 5.41) is 2.53. The van der Waals surface area contributed by atoms with E-state index in [9.17, 15) is 18.8 Å². The van der Waals surface area contributed by atoms with E-state index >= 15 is 0 Å². The molecule has 1 atom stereocenters. The van der Waals surface area contributed by atoms with E-state index in [0.29, 0.717) is 13.0 Å². The van der Waals surface area contributed by atoms with Crippen molar-refractivity contribution in [3.8, 4) is 0 Å². The molecule has 1 fully saturated rings. The zero-order valence-electron chi connectivity index (χ0n) is 15.1. The Kier molecular flexibility index (Phi) is 5.94. The molecule has 3 rings (SSSR count). The van der Waals surface area contributed by atoms with Gasteiger partial charge in [-0.3, -0.25) is 9.59 Å². The minimum Gasteiger partial charge on any atom is -0.449 e. The molecule has 0 radical (unpaired) electrons. The van der Waals surface area contributed by atoms with Crippen LogP contribution >= 0.6 is 11.6 Å². The number of rotatable bonds is 5. The van der Waals surface area contributed by atoms with Crippen LogP contribution in [0.3, 0.4) is 0 Å². The number of benzene rings is 2. The number of nitrogens with one attached hydrogen (secondary N) is 1.